The van der Waals surface area contributed by atoms with Crippen molar-refractivity contribution < 1.29 is 0 Å². The molecular formula is C14H20N4S. The smallest absolute Gasteiger partial charge is 0.182 e. The van der Waals surface area contributed by atoms with Gasteiger partial charge in [0.15, 0.2) is 5.13 Å². The quantitative estimate of drug-likeness (QED) is 0.844. The third-order valence-electron chi connectivity index (χ3n) is 2.71. The Labute approximate surface area is 118 Å². The maximum absolute atomic E-state index is 4.38. The molecule has 0 aromatic carbocycles. The first kappa shape index (κ1) is 14.0. The molecule has 2 rings (SSSR count). The summed E-state index contributed by atoms with van der Waals surface area (Å²) in [6, 6.07) is 4.11. The summed E-state index contributed by atoms with van der Waals surface area (Å²) < 4.78 is 0. The summed E-state index contributed by atoms with van der Waals surface area (Å²) in [5.41, 5.74) is 1.28. The lowest BCUT2D eigenvalue weighted by Crippen LogP contribution is -2.16. The summed E-state index contributed by atoms with van der Waals surface area (Å²) in [6.07, 6.45) is 6.76. The second-order valence-corrected chi connectivity index (χ2v) is 5.70. The molecule has 0 saturated carbocycles. The fourth-order valence-electron chi connectivity index (χ4n) is 1.82. The Hall–Kier alpha value is -1.46. The van der Waals surface area contributed by atoms with E-state index in [0.29, 0.717) is 0 Å². The molecule has 0 aliphatic rings. The zero-order chi connectivity index (χ0) is 13.5. The van der Waals surface area contributed by atoms with Crippen molar-refractivity contribution in [3.05, 3.63) is 41.2 Å². The highest BCUT2D eigenvalue weighted by molar-refractivity contribution is 7.15. The summed E-state index contributed by atoms with van der Waals surface area (Å²) in [7, 11) is 2.12. The third kappa shape index (κ3) is 4.61. The van der Waals surface area contributed by atoms with E-state index in [1.54, 1.807) is 11.3 Å². The summed E-state index contributed by atoms with van der Waals surface area (Å²) >= 11 is 1.74. The first-order valence-corrected chi connectivity index (χ1v) is 7.35. The lowest BCUT2D eigenvalue weighted by atomic mass is 10.2. The molecule has 2 heterocycles. The normalized spacial score (nSPS) is 10.9. The zero-order valence-electron chi connectivity index (χ0n) is 11.5. The van der Waals surface area contributed by atoms with Gasteiger partial charge in [0.1, 0.15) is 0 Å². The largest absolute Gasteiger partial charge is 0.362 e. The Balaban J connectivity index is 1.85. The Kier molecular flexibility index (Phi) is 5.30. The van der Waals surface area contributed by atoms with Crippen LogP contribution in [0, 0.1) is 0 Å². The van der Waals surface area contributed by atoms with Crippen LogP contribution in [0.15, 0.2) is 30.7 Å². The molecule has 5 heteroatoms. The molecule has 19 heavy (non-hydrogen) atoms. The maximum atomic E-state index is 4.38. The molecule has 0 aliphatic carbocycles. The van der Waals surface area contributed by atoms with Crippen LogP contribution < -0.4 is 5.32 Å². The number of thiazole rings is 1. The van der Waals surface area contributed by atoms with E-state index in [4.69, 9.17) is 0 Å². The number of aromatic nitrogens is 2. The van der Waals surface area contributed by atoms with E-state index in [1.165, 1.54) is 10.4 Å². The van der Waals surface area contributed by atoms with Crippen LogP contribution in [0.2, 0.25) is 0 Å². The van der Waals surface area contributed by atoms with Crippen molar-refractivity contribution in [3.63, 3.8) is 0 Å². The van der Waals surface area contributed by atoms with Crippen LogP contribution in [-0.4, -0.2) is 28.5 Å². The highest BCUT2D eigenvalue weighted by Gasteiger charge is 2.05. The SMILES string of the molecule is CCCNc1ncc(CN(C)Cc2ccncc2)s1. The minimum Gasteiger partial charge on any atom is -0.362 e. The van der Waals surface area contributed by atoms with Crippen molar-refractivity contribution in [2.45, 2.75) is 26.4 Å². The van der Waals surface area contributed by atoms with Crippen molar-refractivity contribution in [2.24, 2.45) is 0 Å². The van der Waals surface area contributed by atoms with Gasteiger partial charge in [-0.15, -0.1) is 11.3 Å². The molecule has 1 N–H and O–H groups in total. The van der Waals surface area contributed by atoms with Crippen molar-refractivity contribution in [1.29, 1.82) is 0 Å². The van der Waals surface area contributed by atoms with Crippen molar-refractivity contribution in [1.82, 2.24) is 14.9 Å². The predicted octanol–water partition coefficient (Wildman–Crippen LogP) is 2.99. The highest BCUT2D eigenvalue weighted by atomic mass is 32.1. The molecule has 0 unspecified atom stereocenters. The van der Waals surface area contributed by atoms with Gasteiger partial charge in [0.2, 0.25) is 0 Å². The minimum absolute atomic E-state index is 0.924. The van der Waals surface area contributed by atoms with Gasteiger partial charge in [-0.3, -0.25) is 9.88 Å². The number of nitrogens with one attached hydrogen (secondary N) is 1. The predicted molar refractivity (Wildman–Crippen MR) is 80.3 cm³/mol. The maximum Gasteiger partial charge on any atom is 0.182 e. The van der Waals surface area contributed by atoms with Gasteiger partial charge in [0.25, 0.3) is 0 Å². The Morgan fingerprint density at radius 2 is 2.05 bits per heavy atom. The Bertz CT molecular complexity index is 483. The number of pyridine rings is 1. The van der Waals surface area contributed by atoms with E-state index in [0.717, 1.165) is 31.2 Å². The molecule has 0 amide bonds. The average Bonchev–Trinajstić information content (AvgIpc) is 2.85. The molecule has 4 nitrogen and oxygen atoms in total. The van der Waals surface area contributed by atoms with Crippen LogP contribution in [-0.2, 0) is 13.1 Å². The number of anilines is 1. The molecule has 102 valence electrons. The molecule has 2 aromatic heterocycles. The summed E-state index contributed by atoms with van der Waals surface area (Å²) in [4.78, 5) is 12.0. The molecule has 0 saturated heterocycles. The van der Waals surface area contributed by atoms with Crippen molar-refractivity contribution in [2.75, 3.05) is 18.9 Å². The number of nitrogens with zero attached hydrogens (tertiary/aromatic N) is 3. The first-order valence-electron chi connectivity index (χ1n) is 6.54. The van der Waals surface area contributed by atoms with E-state index < -0.39 is 0 Å². The first-order chi connectivity index (χ1) is 9.28. The third-order valence-corrected chi connectivity index (χ3v) is 3.65. The zero-order valence-corrected chi connectivity index (χ0v) is 12.3. The number of hydrogen-bond donors (Lipinski definition) is 1. The lowest BCUT2D eigenvalue weighted by molar-refractivity contribution is 0.321. The number of rotatable bonds is 7. The Morgan fingerprint density at radius 1 is 1.26 bits per heavy atom. The summed E-state index contributed by atoms with van der Waals surface area (Å²) in [5.74, 6) is 0. The van der Waals surface area contributed by atoms with Gasteiger partial charge in [-0.1, -0.05) is 6.92 Å². The molecule has 2 aromatic rings. The van der Waals surface area contributed by atoms with Gasteiger partial charge in [-0.25, -0.2) is 4.98 Å². The van der Waals surface area contributed by atoms with Gasteiger partial charge in [-0.2, -0.15) is 0 Å². The fraction of sp³-hybridized carbons (Fsp3) is 0.429. The van der Waals surface area contributed by atoms with Crippen LogP contribution in [0.25, 0.3) is 0 Å². The van der Waals surface area contributed by atoms with Crippen molar-refractivity contribution in [3.8, 4) is 0 Å². The van der Waals surface area contributed by atoms with Gasteiger partial charge in [-0.05, 0) is 31.2 Å². The van der Waals surface area contributed by atoms with Crippen LogP contribution >= 0.6 is 11.3 Å². The molecule has 0 atom stereocenters. The number of hydrogen-bond acceptors (Lipinski definition) is 5. The van der Waals surface area contributed by atoms with Crippen LogP contribution in [0.4, 0.5) is 5.13 Å². The monoisotopic (exact) mass is 276 g/mol. The fourth-order valence-corrected chi connectivity index (χ4v) is 2.73. The molecule has 0 radical (unpaired) electrons. The molecular weight excluding hydrogens is 256 g/mol. The van der Waals surface area contributed by atoms with E-state index in [1.807, 2.05) is 18.6 Å². The van der Waals surface area contributed by atoms with Gasteiger partial charge < -0.3 is 5.32 Å². The van der Waals surface area contributed by atoms with Crippen LogP contribution in [0.5, 0.6) is 0 Å². The van der Waals surface area contributed by atoms with Crippen LogP contribution in [0.1, 0.15) is 23.8 Å². The molecule has 0 fully saturated rings. The topological polar surface area (TPSA) is 41.1 Å². The standard InChI is InChI=1S/C14H20N4S/c1-3-6-16-14-17-9-13(19-14)11-18(2)10-12-4-7-15-8-5-12/h4-5,7-9H,3,6,10-11H2,1-2H3,(H,16,17). The van der Waals surface area contributed by atoms with E-state index in [2.05, 4.69) is 46.3 Å². The second-order valence-electron chi connectivity index (χ2n) is 4.59. The minimum atomic E-state index is 0.924. The summed E-state index contributed by atoms with van der Waals surface area (Å²) in [5, 5.41) is 4.34. The van der Waals surface area contributed by atoms with E-state index in [9.17, 15) is 0 Å². The second kappa shape index (κ2) is 7.21. The average molecular weight is 276 g/mol. The van der Waals surface area contributed by atoms with Gasteiger partial charge in [0, 0.05) is 43.1 Å². The lowest BCUT2D eigenvalue weighted by Gasteiger charge is -2.15. The molecule has 0 bridgehead atoms. The Morgan fingerprint density at radius 3 is 2.79 bits per heavy atom. The van der Waals surface area contributed by atoms with Crippen LogP contribution in [0.3, 0.4) is 0 Å². The van der Waals surface area contributed by atoms with Crippen molar-refractivity contribution >= 4 is 16.5 Å². The van der Waals surface area contributed by atoms with E-state index in [-0.39, 0.29) is 0 Å². The van der Waals surface area contributed by atoms with Gasteiger partial charge in [0.05, 0.1) is 0 Å². The van der Waals surface area contributed by atoms with Gasteiger partial charge >= 0.3 is 0 Å². The highest BCUT2D eigenvalue weighted by Crippen LogP contribution is 2.19. The summed E-state index contributed by atoms with van der Waals surface area (Å²) in [6.45, 7) is 5.00. The van der Waals surface area contributed by atoms with E-state index >= 15 is 0 Å². The molecule has 0 spiro atoms. The molecule has 0 aliphatic heterocycles.